The smallest absolute Gasteiger partial charge is 0.0704 e. The molecule has 0 radical (unpaired) electrons. The predicted octanol–water partition coefficient (Wildman–Crippen LogP) is 1.63. The average molecular weight is 179 g/mol. The maximum atomic E-state index is 9.28. The number of aryl methyl sites for hydroxylation is 1. The first kappa shape index (κ1) is 10.2. The fraction of sp³-hybridized carbons (Fsp3) is 0.455. The van der Waals surface area contributed by atoms with Gasteiger partial charge in [0, 0.05) is 0 Å². The minimum Gasteiger partial charge on any atom is -0.391 e. The molecule has 0 unspecified atom stereocenters. The van der Waals surface area contributed by atoms with Crippen LogP contribution in [0, 0.1) is 0 Å². The highest BCUT2D eigenvalue weighted by atomic mass is 16.3. The monoisotopic (exact) mass is 179 g/mol. The molecule has 0 amide bonds. The van der Waals surface area contributed by atoms with Gasteiger partial charge in [-0.2, -0.15) is 0 Å². The second-order valence-electron chi connectivity index (χ2n) is 3.36. The van der Waals surface area contributed by atoms with E-state index in [1.54, 1.807) is 6.92 Å². The summed E-state index contributed by atoms with van der Waals surface area (Å²) in [4.78, 5) is 0. The van der Waals surface area contributed by atoms with Crippen LogP contribution < -0.4 is 5.73 Å². The summed E-state index contributed by atoms with van der Waals surface area (Å²) in [5, 5.41) is 9.28. The molecule has 0 aliphatic heterocycles. The molecule has 2 heteroatoms. The summed E-state index contributed by atoms with van der Waals surface area (Å²) in [6, 6.07) is 7.80. The number of benzene rings is 1. The van der Waals surface area contributed by atoms with Gasteiger partial charge in [-0.25, -0.2) is 0 Å². The highest BCUT2D eigenvalue weighted by Crippen LogP contribution is 2.14. The van der Waals surface area contributed by atoms with Gasteiger partial charge in [0.1, 0.15) is 0 Å². The van der Waals surface area contributed by atoms with Crippen molar-refractivity contribution in [3.8, 4) is 0 Å². The molecular formula is C11H17NO. The Hall–Kier alpha value is -0.860. The summed E-state index contributed by atoms with van der Waals surface area (Å²) in [6.45, 7) is 3.82. The van der Waals surface area contributed by atoms with Crippen molar-refractivity contribution in [1.82, 2.24) is 0 Å². The quantitative estimate of drug-likeness (QED) is 0.740. The summed E-state index contributed by atoms with van der Waals surface area (Å²) in [6.07, 6.45) is 0.539. The molecule has 2 nitrogen and oxygen atoms in total. The first-order valence-electron chi connectivity index (χ1n) is 4.67. The molecule has 1 aromatic rings. The molecule has 0 saturated carbocycles. The zero-order valence-electron chi connectivity index (χ0n) is 8.20. The van der Waals surface area contributed by atoms with Crippen LogP contribution in [0.2, 0.25) is 0 Å². The third kappa shape index (κ3) is 2.54. The van der Waals surface area contributed by atoms with Crippen molar-refractivity contribution >= 4 is 0 Å². The third-order valence-electron chi connectivity index (χ3n) is 2.29. The number of hydrogen-bond donors (Lipinski definition) is 2. The maximum absolute atomic E-state index is 9.28. The fourth-order valence-electron chi connectivity index (χ4n) is 1.25. The molecule has 2 atom stereocenters. The lowest BCUT2D eigenvalue weighted by molar-refractivity contribution is 0.164. The minimum atomic E-state index is -0.493. The molecule has 0 aromatic heterocycles. The van der Waals surface area contributed by atoms with E-state index in [1.165, 1.54) is 5.56 Å². The highest BCUT2D eigenvalue weighted by Gasteiger charge is 2.10. The first-order valence-corrected chi connectivity index (χ1v) is 4.67. The minimum absolute atomic E-state index is 0.272. The zero-order chi connectivity index (χ0) is 9.84. The Bertz CT molecular complexity index is 253. The van der Waals surface area contributed by atoms with Crippen molar-refractivity contribution in [3.63, 3.8) is 0 Å². The summed E-state index contributed by atoms with van der Waals surface area (Å²) in [7, 11) is 0. The molecule has 0 heterocycles. The Morgan fingerprint density at radius 1 is 1.31 bits per heavy atom. The van der Waals surface area contributed by atoms with Crippen molar-refractivity contribution in [1.29, 1.82) is 0 Å². The Labute approximate surface area is 79.4 Å². The van der Waals surface area contributed by atoms with Crippen molar-refractivity contribution in [2.45, 2.75) is 32.4 Å². The lowest BCUT2D eigenvalue weighted by atomic mass is 10.0. The normalized spacial score (nSPS) is 15.4. The number of hydrogen-bond acceptors (Lipinski definition) is 2. The van der Waals surface area contributed by atoms with E-state index in [4.69, 9.17) is 5.73 Å². The van der Waals surface area contributed by atoms with E-state index in [1.807, 2.05) is 12.1 Å². The van der Waals surface area contributed by atoms with Gasteiger partial charge in [-0.05, 0) is 24.5 Å². The topological polar surface area (TPSA) is 46.2 Å². The summed E-state index contributed by atoms with van der Waals surface area (Å²) in [5.74, 6) is 0. The molecule has 72 valence electrons. The lowest BCUT2D eigenvalue weighted by Gasteiger charge is -2.15. The number of aliphatic hydroxyl groups excluding tert-OH is 1. The molecule has 0 fully saturated rings. The van der Waals surface area contributed by atoms with Crippen molar-refractivity contribution in [2.75, 3.05) is 0 Å². The molecule has 1 rings (SSSR count). The van der Waals surface area contributed by atoms with Gasteiger partial charge < -0.3 is 10.8 Å². The highest BCUT2D eigenvalue weighted by molar-refractivity contribution is 5.25. The number of nitrogens with two attached hydrogens (primary N) is 1. The fourth-order valence-corrected chi connectivity index (χ4v) is 1.25. The van der Waals surface area contributed by atoms with Crippen LogP contribution in [-0.4, -0.2) is 11.2 Å². The second kappa shape index (κ2) is 4.40. The van der Waals surface area contributed by atoms with E-state index in [9.17, 15) is 5.11 Å². The molecule has 0 spiro atoms. The van der Waals surface area contributed by atoms with Crippen LogP contribution in [0.3, 0.4) is 0 Å². The van der Waals surface area contributed by atoms with Crippen LogP contribution in [0.4, 0.5) is 0 Å². The molecule has 1 aromatic carbocycles. The third-order valence-corrected chi connectivity index (χ3v) is 2.29. The van der Waals surface area contributed by atoms with Gasteiger partial charge in [0.25, 0.3) is 0 Å². The average Bonchev–Trinajstić information content (AvgIpc) is 2.17. The molecule has 0 aliphatic rings. The van der Waals surface area contributed by atoms with Gasteiger partial charge >= 0.3 is 0 Å². The van der Waals surface area contributed by atoms with E-state index in [2.05, 4.69) is 19.1 Å². The van der Waals surface area contributed by atoms with E-state index < -0.39 is 6.10 Å². The summed E-state index contributed by atoms with van der Waals surface area (Å²) in [5.41, 5.74) is 8.07. The Balaban J connectivity index is 2.79. The van der Waals surface area contributed by atoms with Gasteiger partial charge in [-0.3, -0.25) is 0 Å². The van der Waals surface area contributed by atoms with Crippen LogP contribution >= 0.6 is 0 Å². The lowest BCUT2D eigenvalue weighted by Crippen LogP contribution is -2.22. The summed E-state index contributed by atoms with van der Waals surface area (Å²) < 4.78 is 0. The first-order chi connectivity index (χ1) is 6.15. The van der Waals surface area contributed by atoms with Gasteiger partial charge in [0.2, 0.25) is 0 Å². The van der Waals surface area contributed by atoms with Gasteiger partial charge in [-0.15, -0.1) is 0 Å². The predicted molar refractivity (Wildman–Crippen MR) is 54.4 cm³/mol. The maximum Gasteiger partial charge on any atom is 0.0704 e. The van der Waals surface area contributed by atoms with Crippen LogP contribution in [0.15, 0.2) is 24.3 Å². The van der Waals surface area contributed by atoms with Crippen LogP contribution in [-0.2, 0) is 6.42 Å². The van der Waals surface area contributed by atoms with Crippen LogP contribution in [0.25, 0.3) is 0 Å². The van der Waals surface area contributed by atoms with E-state index in [0.29, 0.717) is 0 Å². The largest absolute Gasteiger partial charge is 0.391 e. The zero-order valence-corrected chi connectivity index (χ0v) is 8.20. The molecule has 0 bridgehead atoms. The number of rotatable bonds is 3. The van der Waals surface area contributed by atoms with Crippen molar-refractivity contribution in [3.05, 3.63) is 35.4 Å². The summed E-state index contributed by atoms with van der Waals surface area (Å²) >= 11 is 0. The van der Waals surface area contributed by atoms with Crippen LogP contribution in [0.1, 0.15) is 31.0 Å². The van der Waals surface area contributed by atoms with E-state index in [0.717, 1.165) is 12.0 Å². The Morgan fingerprint density at radius 2 is 1.85 bits per heavy atom. The van der Waals surface area contributed by atoms with Gasteiger partial charge in [-0.1, -0.05) is 31.2 Å². The van der Waals surface area contributed by atoms with Gasteiger partial charge in [0.15, 0.2) is 0 Å². The van der Waals surface area contributed by atoms with Crippen molar-refractivity contribution in [2.24, 2.45) is 5.73 Å². The van der Waals surface area contributed by atoms with E-state index >= 15 is 0 Å². The Kier molecular flexibility index (Phi) is 3.46. The van der Waals surface area contributed by atoms with Crippen molar-refractivity contribution < 1.29 is 5.11 Å². The standard InChI is InChI=1S/C11H17NO/c1-3-9-4-6-10(7-5-9)11(12)8(2)13/h4-8,11,13H,3,12H2,1-2H3/t8-,11-/m1/s1. The molecule has 0 aliphatic carbocycles. The number of aliphatic hydroxyl groups is 1. The molecule has 3 N–H and O–H groups in total. The SMILES string of the molecule is CCc1ccc([C@H](N)[C@@H](C)O)cc1. The Morgan fingerprint density at radius 3 is 2.23 bits per heavy atom. The van der Waals surface area contributed by atoms with Crippen LogP contribution in [0.5, 0.6) is 0 Å². The molecule has 0 saturated heterocycles. The molecule has 13 heavy (non-hydrogen) atoms. The van der Waals surface area contributed by atoms with E-state index in [-0.39, 0.29) is 6.04 Å². The molecular weight excluding hydrogens is 162 g/mol. The van der Waals surface area contributed by atoms with Gasteiger partial charge in [0.05, 0.1) is 12.1 Å². The second-order valence-corrected chi connectivity index (χ2v) is 3.36.